The van der Waals surface area contributed by atoms with E-state index in [1.807, 2.05) is 6.92 Å². The fraction of sp³-hybridized carbons (Fsp3) is 0.500. The van der Waals surface area contributed by atoms with Crippen LogP contribution < -0.4 is 0 Å². The average molecular weight is 192 g/mol. The van der Waals surface area contributed by atoms with Gasteiger partial charge in [-0.1, -0.05) is 12.8 Å². The van der Waals surface area contributed by atoms with Crippen molar-refractivity contribution < 1.29 is 10.2 Å². The molecule has 1 aliphatic carbocycles. The van der Waals surface area contributed by atoms with E-state index < -0.39 is 0 Å². The van der Waals surface area contributed by atoms with Gasteiger partial charge in [0.05, 0.1) is 0 Å². The molecule has 2 heteroatoms. The van der Waals surface area contributed by atoms with E-state index in [-0.39, 0.29) is 11.5 Å². The summed E-state index contributed by atoms with van der Waals surface area (Å²) in [6, 6.07) is 3.17. The van der Waals surface area contributed by atoms with Gasteiger partial charge in [-0.3, -0.25) is 0 Å². The van der Waals surface area contributed by atoms with Crippen LogP contribution in [0.2, 0.25) is 0 Å². The van der Waals surface area contributed by atoms with E-state index in [4.69, 9.17) is 0 Å². The zero-order chi connectivity index (χ0) is 10.1. The molecule has 1 aliphatic rings. The summed E-state index contributed by atoms with van der Waals surface area (Å²) in [7, 11) is 0. The Kier molecular flexibility index (Phi) is 2.36. The maximum absolute atomic E-state index is 9.77. The topological polar surface area (TPSA) is 40.5 Å². The van der Waals surface area contributed by atoms with Crippen molar-refractivity contribution >= 4 is 0 Å². The summed E-state index contributed by atoms with van der Waals surface area (Å²) in [6.45, 7) is 1.95. The summed E-state index contributed by atoms with van der Waals surface area (Å²) < 4.78 is 0. The van der Waals surface area contributed by atoms with Gasteiger partial charge in [0.15, 0.2) is 0 Å². The highest BCUT2D eigenvalue weighted by atomic mass is 16.3. The third kappa shape index (κ3) is 1.57. The first-order valence-corrected chi connectivity index (χ1v) is 5.21. The number of aromatic hydroxyl groups is 2. The van der Waals surface area contributed by atoms with E-state index in [2.05, 4.69) is 0 Å². The summed E-state index contributed by atoms with van der Waals surface area (Å²) in [5.74, 6) is 0.909. The van der Waals surface area contributed by atoms with Gasteiger partial charge in [-0.2, -0.15) is 0 Å². The van der Waals surface area contributed by atoms with Crippen LogP contribution in [-0.4, -0.2) is 10.2 Å². The van der Waals surface area contributed by atoms with E-state index in [0.29, 0.717) is 5.92 Å². The summed E-state index contributed by atoms with van der Waals surface area (Å²) in [5, 5.41) is 19.1. The highest BCUT2D eigenvalue weighted by Gasteiger charge is 2.22. The van der Waals surface area contributed by atoms with Crippen LogP contribution in [0.25, 0.3) is 0 Å². The average Bonchev–Trinajstić information content (AvgIpc) is 2.54. The second kappa shape index (κ2) is 3.52. The largest absolute Gasteiger partial charge is 0.508 e. The molecule has 0 saturated heterocycles. The predicted molar refractivity (Wildman–Crippen MR) is 55.7 cm³/mol. The first-order valence-electron chi connectivity index (χ1n) is 5.21. The summed E-state index contributed by atoms with van der Waals surface area (Å²) in [5.41, 5.74) is 2.05. The lowest BCUT2D eigenvalue weighted by atomic mass is 9.92. The van der Waals surface area contributed by atoms with E-state index >= 15 is 0 Å². The third-order valence-electron chi connectivity index (χ3n) is 3.11. The van der Waals surface area contributed by atoms with Crippen LogP contribution in [0.15, 0.2) is 12.1 Å². The number of hydrogen-bond donors (Lipinski definition) is 2. The van der Waals surface area contributed by atoms with E-state index in [9.17, 15) is 10.2 Å². The number of phenolic OH excluding ortho intramolecular Hbond substituents is 2. The maximum Gasteiger partial charge on any atom is 0.122 e. The molecule has 14 heavy (non-hydrogen) atoms. The molecule has 1 aromatic rings. The van der Waals surface area contributed by atoms with Crippen LogP contribution in [0.3, 0.4) is 0 Å². The van der Waals surface area contributed by atoms with Crippen molar-refractivity contribution in [3.05, 3.63) is 23.3 Å². The van der Waals surface area contributed by atoms with Crippen molar-refractivity contribution in [3.63, 3.8) is 0 Å². The normalized spacial score (nSPS) is 17.5. The molecule has 0 heterocycles. The molecular weight excluding hydrogens is 176 g/mol. The molecule has 0 aliphatic heterocycles. The van der Waals surface area contributed by atoms with Crippen LogP contribution in [0.1, 0.15) is 42.7 Å². The second-order valence-electron chi connectivity index (χ2n) is 4.18. The molecular formula is C12H16O2. The number of benzene rings is 1. The van der Waals surface area contributed by atoms with Crippen molar-refractivity contribution in [1.82, 2.24) is 0 Å². The van der Waals surface area contributed by atoms with Crippen molar-refractivity contribution in [1.29, 1.82) is 0 Å². The van der Waals surface area contributed by atoms with Crippen LogP contribution >= 0.6 is 0 Å². The first kappa shape index (κ1) is 9.38. The monoisotopic (exact) mass is 192 g/mol. The van der Waals surface area contributed by atoms with Crippen LogP contribution in [-0.2, 0) is 0 Å². The van der Waals surface area contributed by atoms with Crippen molar-refractivity contribution in [3.8, 4) is 11.5 Å². The van der Waals surface area contributed by atoms with Gasteiger partial charge in [-0.15, -0.1) is 0 Å². The van der Waals surface area contributed by atoms with Crippen molar-refractivity contribution in [2.45, 2.75) is 38.5 Å². The van der Waals surface area contributed by atoms with E-state index in [1.165, 1.54) is 31.7 Å². The molecule has 2 N–H and O–H groups in total. The van der Waals surface area contributed by atoms with Gasteiger partial charge in [0, 0.05) is 11.6 Å². The van der Waals surface area contributed by atoms with Gasteiger partial charge < -0.3 is 10.2 Å². The predicted octanol–water partition coefficient (Wildman–Crippen LogP) is 3.06. The zero-order valence-electron chi connectivity index (χ0n) is 8.45. The van der Waals surface area contributed by atoms with Gasteiger partial charge in [0.1, 0.15) is 11.5 Å². The SMILES string of the molecule is Cc1cc(O)cc(O)c1C1CCCC1. The highest BCUT2D eigenvalue weighted by molar-refractivity contribution is 5.46. The quantitative estimate of drug-likeness (QED) is 0.718. The minimum atomic E-state index is 0.154. The Morgan fingerprint density at radius 3 is 2.36 bits per heavy atom. The molecule has 0 unspecified atom stereocenters. The van der Waals surface area contributed by atoms with Crippen LogP contribution in [0, 0.1) is 6.92 Å². The smallest absolute Gasteiger partial charge is 0.122 e. The molecule has 0 spiro atoms. The third-order valence-corrected chi connectivity index (χ3v) is 3.11. The standard InChI is InChI=1S/C12H16O2/c1-8-6-10(13)7-11(14)12(8)9-4-2-3-5-9/h6-7,9,13-14H,2-5H2,1H3. The molecule has 0 atom stereocenters. The van der Waals surface area contributed by atoms with Gasteiger partial charge >= 0.3 is 0 Å². The van der Waals surface area contributed by atoms with Crippen LogP contribution in [0.4, 0.5) is 0 Å². The second-order valence-corrected chi connectivity index (χ2v) is 4.18. The fourth-order valence-corrected chi connectivity index (χ4v) is 2.51. The molecule has 0 aromatic heterocycles. The Morgan fingerprint density at radius 1 is 1.14 bits per heavy atom. The molecule has 1 aromatic carbocycles. The molecule has 1 fully saturated rings. The Hall–Kier alpha value is -1.18. The molecule has 0 radical (unpaired) electrons. The van der Waals surface area contributed by atoms with Gasteiger partial charge in [-0.05, 0) is 37.3 Å². The summed E-state index contributed by atoms with van der Waals surface area (Å²) in [6.07, 6.45) is 4.84. The number of rotatable bonds is 1. The van der Waals surface area contributed by atoms with Crippen molar-refractivity contribution in [2.75, 3.05) is 0 Å². The Morgan fingerprint density at radius 2 is 1.79 bits per heavy atom. The minimum absolute atomic E-state index is 0.154. The van der Waals surface area contributed by atoms with Gasteiger partial charge in [-0.25, -0.2) is 0 Å². The minimum Gasteiger partial charge on any atom is -0.508 e. The molecule has 2 nitrogen and oxygen atoms in total. The van der Waals surface area contributed by atoms with Crippen LogP contribution in [0.5, 0.6) is 11.5 Å². The maximum atomic E-state index is 9.77. The number of aryl methyl sites for hydroxylation is 1. The van der Waals surface area contributed by atoms with E-state index in [0.717, 1.165) is 11.1 Å². The highest BCUT2D eigenvalue weighted by Crippen LogP contribution is 2.41. The molecule has 0 bridgehead atoms. The fourth-order valence-electron chi connectivity index (χ4n) is 2.51. The Bertz CT molecular complexity index is 315. The molecule has 1 saturated carbocycles. The number of phenols is 2. The molecule has 76 valence electrons. The zero-order valence-corrected chi connectivity index (χ0v) is 8.45. The van der Waals surface area contributed by atoms with Gasteiger partial charge in [0.2, 0.25) is 0 Å². The van der Waals surface area contributed by atoms with E-state index in [1.54, 1.807) is 6.07 Å². The Balaban J connectivity index is 2.40. The van der Waals surface area contributed by atoms with Gasteiger partial charge in [0.25, 0.3) is 0 Å². The molecule has 2 rings (SSSR count). The summed E-state index contributed by atoms with van der Waals surface area (Å²) >= 11 is 0. The lowest BCUT2D eigenvalue weighted by Crippen LogP contribution is -1.96. The lowest BCUT2D eigenvalue weighted by molar-refractivity contribution is 0.440. The Labute approximate surface area is 84.2 Å². The number of hydrogen-bond acceptors (Lipinski definition) is 2. The van der Waals surface area contributed by atoms with Crippen molar-refractivity contribution in [2.24, 2.45) is 0 Å². The lowest BCUT2D eigenvalue weighted by Gasteiger charge is -2.15. The first-order chi connectivity index (χ1) is 6.68. The molecule has 0 amide bonds. The summed E-state index contributed by atoms with van der Waals surface area (Å²) in [4.78, 5) is 0.